The Labute approximate surface area is 126 Å². The van der Waals surface area contributed by atoms with Gasteiger partial charge in [-0.2, -0.15) is 0 Å². The zero-order valence-electron chi connectivity index (χ0n) is 12.0. The van der Waals surface area contributed by atoms with E-state index in [0.29, 0.717) is 22.3 Å². The van der Waals surface area contributed by atoms with Gasteiger partial charge in [-0.25, -0.2) is 19.2 Å². The van der Waals surface area contributed by atoms with E-state index in [2.05, 4.69) is 9.97 Å². The van der Waals surface area contributed by atoms with E-state index >= 15 is 0 Å². The van der Waals surface area contributed by atoms with Gasteiger partial charge in [0, 0.05) is 5.75 Å². The number of aromatic nitrogens is 2. The van der Waals surface area contributed by atoms with Gasteiger partial charge in [0.25, 0.3) is 0 Å². The molecule has 110 valence electrons. The van der Waals surface area contributed by atoms with Crippen LogP contribution in [0.15, 0.2) is 23.2 Å². The molecule has 21 heavy (non-hydrogen) atoms. The molecule has 0 bridgehead atoms. The van der Waals surface area contributed by atoms with Crippen LogP contribution in [-0.2, 0) is 5.75 Å². The molecule has 1 heterocycles. The number of hydrogen-bond acceptors (Lipinski definition) is 4. The minimum absolute atomic E-state index is 0.111. The molecule has 0 atom stereocenters. The van der Waals surface area contributed by atoms with Crippen LogP contribution in [-0.4, -0.2) is 21.0 Å². The molecular formula is C15H15FN2O2S. The molecule has 0 fully saturated rings. The number of carboxylic acid groups (broad SMARTS) is 1. The molecule has 0 aliphatic carbocycles. The summed E-state index contributed by atoms with van der Waals surface area (Å²) in [5.41, 5.74) is 2.33. The molecule has 0 aliphatic heterocycles. The minimum atomic E-state index is -1.05. The Morgan fingerprint density at radius 1 is 1.29 bits per heavy atom. The van der Waals surface area contributed by atoms with Gasteiger partial charge in [0.2, 0.25) is 0 Å². The standard InChI is InChI=1S/C15H15FN2O2S/c1-8-4-5-12(16)6-11(8)7-21-14-13(15(19)20)9(2)17-10(3)18-14/h4-6H,7H2,1-3H3,(H,19,20). The highest BCUT2D eigenvalue weighted by Gasteiger charge is 2.17. The predicted octanol–water partition coefficient (Wildman–Crippen LogP) is 3.53. The van der Waals surface area contributed by atoms with E-state index in [1.165, 1.54) is 23.9 Å². The summed E-state index contributed by atoms with van der Waals surface area (Å²) in [4.78, 5) is 19.6. The number of nitrogens with zero attached hydrogens (tertiary/aromatic N) is 2. The molecule has 0 radical (unpaired) electrons. The third-order valence-electron chi connectivity index (χ3n) is 3.06. The summed E-state index contributed by atoms with van der Waals surface area (Å²) in [6, 6.07) is 4.58. The monoisotopic (exact) mass is 306 g/mol. The number of aromatic carboxylic acids is 1. The van der Waals surface area contributed by atoms with Crippen molar-refractivity contribution in [3.63, 3.8) is 0 Å². The van der Waals surface area contributed by atoms with Crippen molar-refractivity contribution in [3.05, 3.63) is 52.2 Å². The average Bonchev–Trinajstić information content (AvgIpc) is 2.38. The summed E-state index contributed by atoms with van der Waals surface area (Å²) < 4.78 is 13.3. The molecule has 0 amide bonds. The lowest BCUT2D eigenvalue weighted by Gasteiger charge is -2.10. The molecule has 0 saturated carbocycles. The largest absolute Gasteiger partial charge is 0.478 e. The average molecular weight is 306 g/mol. The first kappa shape index (κ1) is 15.4. The molecule has 2 aromatic rings. The second-order valence-corrected chi connectivity index (χ2v) is 5.67. The number of thioether (sulfide) groups is 1. The van der Waals surface area contributed by atoms with Crippen LogP contribution < -0.4 is 0 Å². The number of carbonyl (C=O) groups is 1. The second-order valence-electron chi connectivity index (χ2n) is 4.70. The van der Waals surface area contributed by atoms with Crippen molar-refractivity contribution in [2.75, 3.05) is 0 Å². The van der Waals surface area contributed by atoms with E-state index in [1.807, 2.05) is 6.92 Å². The second kappa shape index (κ2) is 6.22. The molecule has 0 aliphatic rings. The number of rotatable bonds is 4. The van der Waals surface area contributed by atoms with Crippen molar-refractivity contribution >= 4 is 17.7 Å². The Balaban J connectivity index is 2.31. The maximum absolute atomic E-state index is 13.3. The molecule has 0 unspecified atom stereocenters. The van der Waals surface area contributed by atoms with Gasteiger partial charge in [-0.15, -0.1) is 11.8 Å². The Morgan fingerprint density at radius 2 is 2.00 bits per heavy atom. The molecule has 0 saturated heterocycles. The van der Waals surface area contributed by atoms with Gasteiger partial charge in [0.15, 0.2) is 0 Å². The Hall–Kier alpha value is -1.95. The lowest BCUT2D eigenvalue weighted by molar-refractivity contribution is 0.0690. The molecular weight excluding hydrogens is 291 g/mol. The summed E-state index contributed by atoms with van der Waals surface area (Å²) in [5.74, 6) is -0.369. The highest BCUT2D eigenvalue weighted by molar-refractivity contribution is 7.98. The molecule has 1 aromatic carbocycles. The number of hydrogen-bond donors (Lipinski definition) is 1. The van der Waals surface area contributed by atoms with Crippen LogP contribution in [0.1, 0.15) is 33.0 Å². The molecule has 4 nitrogen and oxygen atoms in total. The van der Waals surface area contributed by atoms with E-state index in [0.717, 1.165) is 11.1 Å². The summed E-state index contributed by atoms with van der Waals surface area (Å²) in [6.45, 7) is 5.26. The lowest BCUT2D eigenvalue weighted by Crippen LogP contribution is -2.08. The van der Waals surface area contributed by atoms with E-state index in [9.17, 15) is 14.3 Å². The highest BCUT2D eigenvalue weighted by Crippen LogP contribution is 2.27. The maximum atomic E-state index is 13.3. The number of aryl methyl sites for hydroxylation is 3. The van der Waals surface area contributed by atoms with Gasteiger partial charge >= 0.3 is 5.97 Å². The van der Waals surface area contributed by atoms with Gasteiger partial charge < -0.3 is 5.11 Å². The van der Waals surface area contributed by atoms with Crippen molar-refractivity contribution in [3.8, 4) is 0 Å². The SMILES string of the molecule is Cc1nc(C)c(C(=O)O)c(SCc2cc(F)ccc2C)n1. The summed E-state index contributed by atoms with van der Waals surface area (Å²) in [6.07, 6.45) is 0. The fourth-order valence-corrected chi connectivity index (χ4v) is 3.15. The number of benzene rings is 1. The third-order valence-corrected chi connectivity index (χ3v) is 4.08. The van der Waals surface area contributed by atoms with Crippen molar-refractivity contribution in [1.29, 1.82) is 0 Å². The van der Waals surface area contributed by atoms with Crippen molar-refractivity contribution < 1.29 is 14.3 Å². The lowest BCUT2D eigenvalue weighted by atomic mass is 10.1. The van der Waals surface area contributed by atoms with Crippen LogP contribution in [0.3, 0.4) is 0 Å². The van der Waals surface area contributed by atoms with Crippen LogP contribution in [0.2, 0.25) is 0 Å². The van der Waals surface area contributed by atoms with Gasteiger partial charge in [-0.3, -0.25) is 0 Å². The molecule has 1 aromatic heterocycles. The van der Waals surface area contributed by atoms with Crippen LogP contribution >= 0.6 is 11.8 Å². The normalized spacial score (nSPS) is 10.7. The van der Waals surface area contributed by atoms with Crippen LogP contribution in [0, 0.1) is 26.6 Å². The molecule has 0 spiro atoms. The van der Waals surface area contributed by atoms with Crippen LogP contribution in [0.4, 0.5) is 4.39 Å². The van der Waals surface area contributed by atoms with Crippen LogP contribution in [0.5, 0.6) is 0 Å². The molecule has 6 heteroatoms. The Morgan fingerprint density at radius 3 is 2.67 bits per heavy atom. The topological polar surface area (TPSA) is 63.1 Å². The highest BCUT2D eigenvalue weighted by atomic mass is 32.2. The van der Waals surface area contributed by atoms with Crippen LogP contribution in [0.25, 0.3) is 0 Å². The van der Waals surface area contributed by atoms with Gasteiger partial charge in [0.05, 0.1) is 5.69 Å². The first-order valence-corrected chi connectivity index (χ1v) is 7.33. The van der Waals surface area contributed by atoms with E-state index in [1.54, 1.807) is 19.9 Å². The minimum Gasteiger partial charge on any atom is -0.478 e. The molecule has 2 rings (SSSR count). The zero-order valence-corrected chi connectivity index (χ0v) is 12.8. The number of carboxylic acids is 1. The maximum Gasteiger partial charge on any atom is 0.340 e. The number of halogens is 1. The quantitative estimate of drug-likeness (QED) is 0.691. The van der Waals surface area contributed by atoms with Gasteiger partial charge in [-0.1, -0.05) is 6.07 Å². The Kier molecular flexibility index (Phi) is 4.57. The zero-order chi connectivity index (χ0) is 15.6. The van der Waals surface area contributed by atoms with E-state index < -0.39 is 5.97 Å². The van der Waals surface area contributed by atoms with Crippen molar-refractivity contribution in [2.24, 2.45) is 0 Å². The Bertz CT molecular complexity index is 704. The molecule has 1 N–H and O–H groups in total. The first-order valence-electron chi connectivity index (χ1n) is 6.35. The fourth-order valence-electron chi connectivity index (χ4n) is 1.97. The van der Waals surface area contributed by atoms with Gasteiger partial charge in [-0.05, 0) is 44.0 Å². The summed E-state index contributed by atoms with van der Waals surface area (Å²) in [5, 5.41) is 9.69. The van der Waals surface area contributed by atoms with E-state index in [-0.39, 0.29) is 11.4 Å². The summed E-state index contributed by atoms with van der Waals surface area (Å²) in [7, 11) is 0. The van der Waals surface area contributed by atoms with Gasteiger partial charge in [0.1, 0.15) is 22.2 Å². The fraction of sp³-hybridized carbons (Fsp3) is 0.267. The first-order chi connectivity index (χ1) is 9.88. The predicted molar refractivity (Wildman–Crippen MR) is 79.2 cm³/mol. The van der Waals surface area contributed by atoms with E-state index in [4.69, 9.17) is 0 Å². The van der Waals surface area contributed by atoms with Crippen molar-refractivity contribution in [2.45, 2.75) is 31.6 Å². The smallest absolute Gasteiger partial charge is 0.340 e. The summed E-state index contributed by atoms with van der Waals surface area (Å²) >= 11 is 1.28. The van der Waals surface area contributed by atoms with Crippen molar-refractivity contribution in [1.82, 2.24) is 9.97 Å². The third kappa shape index (κ3) is 3.58.